The van der Waals surface area contributed by atoms with Gasteiger partial charge in [-0.15, -0.1) is 0 Å². The zero-order valence-corrected chi connectivity index (χ0v) is 18.2. The van der Waals surface area contributed by atoms with E-state index in [1.165, 1.54) is 12.1 Å². The first-order valence-corrected chi connectivity index (χ1v) is 10.9. The molecule has 2 unspecified atom stereocenters. The van der Waals surface area contributed by atoms with Crippen molar-refractivity contribution in [3.63, 3.8) is 0 Å². The van der Waals surface area contributed by atoms with Gasteiger partial charge in [0, 0.05) is 6.54 Å². The Morgan fingerprint density at radius 2 is 1.88 bits per heavy atom. The van der Waals surface area contributed by atoms with E-state index in [-0.39, 0.29) is 24.0 Å². The van der Waals surface area contributed by atoms with E-state index in [9.17, 15) is 19.8 Å². The number of unbranched alkanes of at least 4 members (excludes halogenated alkanes) is 2. The second-order valence-electron chi connectivity index (χ2n) is 7.89. The van der Waals surface area contributed by atoms with Crippen LogP contribution >= 0.6 is 0 Å². The third kappa shape index (κ3) is 3.66. The molecule has 2 aromatic carbocycles. The van der Waals surface area contributed by atoms with Gasteiger partial charge in [0.1, 0.15) is 0 Å². The molecule has 0 bridgehead atoms. The van der Waals surface area contributed by atoms with Crippen molar-refractivity contribution in [3.05, 3.63) is 48.0 Å². The van der Waals surface area contributed by atoms with E-state index >= 15 is 0 Å². The van der Waals surface area contributed by atoms with E-state index in [1.807, 2.05) is 28.8 Å². The zero-order chi connectivity index (χ0) is 22.8. The highest BCUT2D eigenvalue weighted by atomic mass is 16.5. The van der Waals surface area contributed by atoms with Crippen LogP contribution in [0.5, 0.6) is 11.5 Å². The molecule has 4 rings (SSSR count). The summed E-state index contributed by atoms with van der Waals surface area (Å²) >= 11 is 0. The molecule has 0 saturated heterocycles. The predicted molar refractivity (Wildman–Crippen MR) is 120 cm³/mol. The number of aromatic hydroxyl groups is 2. The summed E-state index contributed by atoms with van der Waals surface area (Å²) in [4.78, 5) is 33.0. The van der Waals surface area contributed by atoms with Gasteiger partial charge in [-0.2, -0.15) is 0 Å². The van der Waals surface area contributed by atoms with Crippen molar-refractivity contribution in [2.75, 3.05) is 18.1 Å². The van der Waals surface area contributed by atoms with Crippen LogP contribution in [0, 0.1) is 5.92 Å². The number of benzene rings is 2. The van der Waals surface area contributed by atoms with Crippen molar-refractivity contribution >= 4 is 28.9 Å². The van der Waals surface area contributed by atoms with Crippen LogP contribution in [0.15, 0.2) is 42.5 Å². The highest BCUT2D eigenvalue weighted by Gasteiger charge is 2.47. The molecule has 168 valence electrons. The number of nitrogens with zero attached hydrogens (tertiary/aromatic N) is 3. The third-order valence-corrected chi connectivity index (χ3v) is 5.81. The van der Waals surface area contributed by atoms with Crippen LogP contribution in [0.3, 0.4) is 0 Å². The monoisotopic (exact) mass is 437 g/mol. The van der Waals surface area contributed by atoms with Crippen LogP contribution in [0.25, 0.3) is 11.0 Å². The molecule has 0 aliphatic carbocycles. The van der Waals surface area contributed by atoms with Crippen molar-refractivity contribution in [2.45, 2.75) is 39.2 Å². The summed E-state index contributed by atoms with van der Waals surface area (Å²) in [6.45, 7) is 4.37. The fourth-order valence-electron chi connectivity index (χ4n) is 4.30. The van der Waals surface area contributed by atoms with Gasteiger partial charge in [-0.25, -0.2) is 4.98 Å². The molecule has 2 N–H and O–H groups in total. The van der Waals surface area contributed by atoms with Gasteiger partial charge in [-0.05, 0) is 43.2 Å². The smallest absolute Gasteiger partial charge is 0.321 e. The van der Waals surface area contributed by atoms with E-state index in [4.69, 9.17) is 9.72 Å². The van der Waals surface area contributed by atoms with Crippen LogP contribution in [0.2, 0.25) is 0 Å². The molecule has 1 aliphatic heterocycles. The second-order valence-corrected chi connectivity index (χ2v) is 7.89. The van der Waals surface area contributed by atoms with Gasteiger partial charge in [0.2, 0.25) is 11.9 Å². The lowest BCUT2D eigenvalue weighted by molar-refractivity contribution is -0.153. The Labute approximate surface area is 186 Å². The number of carbonyl (C=O) groups excluding carboxylic acids is 2. The quantitative estimate of drug-likeness (QED) is 0.252. The van der Waals surface area contributed by atoms with Crippen molar-refractivity contribution < 1.29 is 24.5 Å². The first kappa shape index (κ1) is 21.7. The van der Waals surface area contributed by atoms with Crippen LogP contribution in [-0.2, 0) is 14.3 Å². The van der Waals surface area contributed by atoms with Gasteiger partial charge < -0.3 is 19.5 Å². The highest BCUT2D eigenvalue weighted by molar-refractivity contribution is 6.08. The first-order chi connectivity index (χ1) is 15.5. The maximum Gasteiger partial charge on any atom is 0.321 e. The minimum Gasteiger partial charge on any atom is -0.504 e. The number of esters is 1. The number of para-hydroxylation sites is 2. The average molecular weight is 437 g/mol. The van der Waals surface area contributed by atoms with Gasteiger partial charge in [-0.1, -0.05) is 38.0 Å². The molecule has 0 spiro atoms. The summed E-state index contributed by atoms with van der Waals surface area (Å²) in [5, 5.41) is 20.0. The Balaban J connectivity index is 1.95. The number of anilines is 1. The van der Waals surface area contributed by atoms with Crippen molar-refractivity contribution in [3.8, 4) is 11.5 Å². The normalized spacial score (nSPS) is 18.1. The number of hydrogen-bond acceptors (Lipinski definition) is 6. The summed E-state index contributed by atoms with van der Waals surface area (Å²) in [6.07, 6.45) is 2.73. The minimum absolute atomic E-state index is 0.142. The fraction of sp³-hybridized carbons (Fsp3) is 0.375. The number of aromatic nitrogens is 2. The van der Waals surface area contributed by atoms with E-state index in [2.05, 4.69) is 6.92 Å². The molecule has 2 atom stereocenters. The maximum atomic E-state index is 13.7. The molecule has 8 nitrogen and oxygen atoms in total. The molecular formula is C24H27N3O5. The Morgan fingerprint density at radius 3 is 2.59 bits per heavy atom. The molecule has 2 heterocycles. The molecule has 0 fully saturated rings. The van der Waals surface area contributed by atoms with Gasteiger partial charge >= 0.3 is 5.97 Å². The summed E-state index contributed by atoms with van der Waals surface area (Å²) in [5.41, 5.74) is 1.97. The number of phenolic OH excluding ortho intramolecular Hbond substituents is 2. The summed E-state index contributed by atoms with van der Waals surface area (Å²) in [5.74, 6) is -2.29. The maximum absolute atomic E-state index is 13.7. The van der Waals surface area contributed by atoms with Crippen molar-refractivity contribution in [2.24, 2.45) is 5.92 Å². The molecule has 0 radical (unpaired) electrons. The molecule has 1 aromatic heterocycles. The second kappa shape index (κ2) is 8.90. The number of rotatable bonds is 7. The Hall–Kier alpha value is -3.55. The molecule has 1 aliphatic rings. The molecule has 32 heavy (non-hydrogen) atoms. The Morgan fingerprint density at radius 1 is 1.09 bits per heavy atom. The van der Waals surface area contributed by atoms with Crippen LogP contribution in [0.1, 0.15) is 44.7 Å². The molecule has 8 heteroatoms. The van der Waals surface area contributed by atoms with E-state index < -0.39 is 17.9 Å². The highest BCUT2D eigenvalue weighted by Crippen LogP contribution is 2.42. The largest absolute Gasteiger partial charge is 0.504 e. The number of ether oxygens (including phenoxy) is 1. The van der Waals surface area contributed by atoms with Crippen molar-refractivity contribution in [1.29, 1.82) is 0 Å². The third-order valence-electron chi connectivity index (χ3n) is 5.81. The topological polar surface area (TPSA) is 105 Å². The lowest BCUT2D eigenvalue weighted by Gasteiger charge is -2.38. The lowest BCUT2D eigenvalue weighted by atomic mass is 9.89. The summed E-state index contributed by atoms with van der Waals surface area (Å²) in [6, 6.07) is 11.0. The van der Waals surface area contributed by atoms with Crippen LogP contribution < -0.4 is 4.90 Å². The van der Waals surface area contributed by atoms with Gasteiger partial charge in [0.15, 0.2) is 17.4 Å². The van der Waals surface area contributed by atoms with Gasteiger partial charge in [0.25, 0.3) is 0 Å². The number of carbonyl (C=O) groups is 2. The van der Waals surface area contributed by atoms with E-state index in [0.717, 1.165) is 24.8 Å². The van der Waals surface area contributed by atoms with Crippen molar-refractivity contribution in [1.82, 2.24) is 9.55 Å². The minimum atomic E-state index is -1.15. The van der Waals surface area contributed by atoms with Crippen LogP contribution in [0.4, 0.5) is 5.95 Å². The molecule has 3 aromatic rings. The number of fused-ring (bicyclic) bond motifs is 3. The van der Waals surface area contributed by atoms with Crippen LogP contribution in [-0.4, -0.2) is 44.8 Å². The van der Waals surface area contributed by atoms with E-state index in [1.54, 1.807) is 17.9 Å². The summed E-state index contributed by atoms with van der Waals surface area (Å²) in [7, 11) is 0. The predicted octanol–water partition coefficient (Wildman–Crippen LogP) is 3.75. The Bertz CT molecular complexity index is 1160. The number of phenols is 2. The summed E-state index contributed by atoms with van der Waals surface area (Å²) < 4.78 is 7.17. The molecule has 1 amide bonds. The average Bonchev–Trinajstić information content (AvgIpc) is 3.16. The number of amides is 1. The lowest BCUT2D eigenvalue weighted by Crippen LogP contribution is -2.50. The van der Waals surface area contributed by atoms with Gasteiger partial charge in [-0.3, -0.25) is 14.5 Å². The van der Waals surface area contributed by atoms with Gasteiger partial charge in [0.05, 0.1) is 23.7 Å². The fourth-order valence-corrected chi connectivity index (χ4v) is 4.30. The number of imidazole rings is 1. The molecule has 0 saturated carbocycles. The first-order valence-electron chi connectivity index (χ1n) is 10.9. The SMILES string of the molecule is CCCCCN1C(=O)C(C(=O)OCC)C(c2ccc(O)c(O)c2)n2c1nc1ccccc12. The standard InChI is InChI=1S/C24H27N3O5/c1-3-5-8-13-26-22(30)20(23(31)32-4-2)21(15-11-12-18(28)19(29)14-15)27-17-10-7-6-9-16(17)25-24(26)27/h6-7,9-12,14,20-21,28-29H,3-5,8,13H2,1-2H3. The zero-order valence-electron chi connectivity index (χ0n) is 18.2. The van der Waals surface area contributed by atoms with E-state index in [0.29, 0.717) is 23.6 Å². The molecular weight excluding hydrogens is 410 g/mol. The Kier molecular flexibility index (Phi) is 6.03. The number of hydrogen-bond donors (Lipinski definition) is 2.